The van der Waals surface area contributed by atoms with Crippen molar-refractivity contribution in [3.05, 3.63) is 0 Å². The number of hydrogen-bond donors (Lipinski definition) is 2. The summed E-state index contributed by atoms with van der Waals surface area (Å²) in [6.07, 6.45) is 8.49. The van der Waals surface area contributed by atoms with Crippen LogP contribution < -0.4 is 0 Å². The highest BCUT2D eigenvalue weighted by atomic mass is 16.7. The SMILES string of the molecule is COCO[C@H]1C[C@@]2(C)[C@@H]3C[C@H](O)[C@H]4C(C)(C)[C@@H](O)CCC45C[C@@]35CC[C@]2(C)[C@H]1[C@@]1(C)CC[C@@H](C(C)(C)OCOC)O1. The molecule has 1 saturated heterocycles. The molecular weight excluding hydrogens is 520 g/mol. The molecule has 7 nitrogen and oxygen atoms in total. The predicted molar refractivity (Wildman–Crippen MR) is 156 cm³/mol. The molecule has 0 amide bonds. The van der Waals surface area contributed by atoms with Crippen molar-refractivity contribution < 1.29 is 33.9 Å². The minimum absolute atomic E-state index is 0.00251. The number of fused-ring (bicyclic) bond motifs is 2. The molecule has 1 heterocycles. The molecule has 0 bridgehead atoms. The number of methoxy groups -OCH3 is 2. The van der Waals surface area contributed by atoms with Gasteiger partial charge in [0, 0.05) is 20.1 Å². The highest BCUT2D eigenvalue weighted by Crippen LogP contribution is 2.89. The van der Waals surface area contributed by atoms with Crippen LogP contribution in [0.4, 0.5) is 0 Å². The van der Waals surface area contributed by atoms with Gasteiger partial charge in [-0.05, 0) is 117 Å². The fourth-order valence-electron chi connectivity index (χ4n) is 12.7. The molecule has 1 unspecified atom stereocenters. The largest absolute Gasteiger partial charge is 0.393 e. The lowest BCUT2D eigenvalue weighted by Crippen LogP contribution is -2.62. The van der Waals surface area contributed by atoms with Gasteiger partial charge in [0.25, 0.3) is 0 Å². The molecule has 0 aromatic heterocycles. The van der Waals surface area contributed by atoms with Crippen LogP contribution in [0.1, 0.15) is 106 Å². The first kappa shape index (κ1) is 30.7. The zero-order valence-corrected chi connectivity index (χ0v) is 27.3. The lowest BCUT2D eigenvalue weighted by atomic mass is 9.41. The molecule has 6 fully saturated rings. The molecule has 0 aromatic rings. The maximum absolute atomic E-state index is 11.9. The highest BCUT2D eigenvalue weighted by Gasteiger charge is 2.85. The van der Waals surface area contributed by atoms with Crippen molar-refractivity contribution in [2.24, 2.45) is 44.8 Å². The summed E-state index contributed by atoms with van der Waals surface area (Å²) >= 11 is 0. The fraction of sp³-hybridized carbons (Fsp3) is 1.00. The molecule has 1 aliphatic heterocycles. The Hall–Kier alpha value is -0.280. The van der Waals surface area contributed by atoms with Crippen LogP contribution in [0.25, 0.3) is 0 Å². The third kappa shape index (κ3) is 3.94. The van der Waals surface area contributed by atoms with Crippen molar-refractivity contribution in [2.75, 3.05) is 27.8 Å². The molecule has 5 aliphatic carbocycles. The zero-order valence-electron chi connectivity index (χ0n) is 27.3. The van der Waals surface area contributed by atoms with E-state index in [0.717, 1.165) is 44.9 Å². The van der Waals surface area contributed by atoms with E-state index < -0.39 is 5.60 Å². The standard InChI is InChI=1S/C34H58O7/c1-28(2)24(36)10-13-34-18-33(34)15-14-30(5)27(32(7)12-11-25(41-32)29(3,4)40-20-38-9)22(39-19-37-8)17-31(30,6)23(33)16-21(35)26(28)34/h21-27,35-36H,10-20H2,1-9H3/t21-,22-,23-,24-,25-,26-,27-,30+,31-,32+,33-,34?/m0/s1. The Morgan fingerprint density at radius 1 is 0.829 bits per heavy atom. The van der Waals surface area contributed by atoms with E-state index in [1.54, 1.807) is 14.2 Å². The van der Waals surface area contributed by atoms with Crippen molar-refractivity contribution in [1.82, 2.24) is 0 Å². The lowest BCUT2D eigenvalue weighted by Gasteiger charge is -2.64. The molecule has 41 heavy (non-hydrogen) atoms. The van der Waals surface area contributed by atoms with Gasteiger partial charge in [-0.1, -0.05) is 27.7 Å². The van der Waals surface area contributed by atoms with Crippen LogP contribution in [0, 0.1) is 44.8 Å². The Labute approximate surface area is 248 Å². The van der Waals surface area contributed by atoms with E-state index in [0.29, 0.717) is 5.92 Å². The van der Waals surface area contributed by atoms with E-state index in [-0.39, 0.29) is 82.5 Å². The Morgan fingerprint density at radius 2 is 1.54 bits per heavy atom. The van der Waals surface area contributed by atoms with Crippen LogP contribution >= 0.6 is 0 Å². The van der Waals surface area contributed by atoms with E-state index in [1.165, 1.54) is 12.8 Å². The third-order valence-electron chi connectivity index (χ3n) is 14.7. The van der Waals surface area contributed by atoms with Crippen LogP contribution in [-0.2, 0) is 23.7 Å². The molecule has 236 valence electrons. The summed E-state index contributed by atoms with van der Waals surface area (Å²) in [4.78, 5) is 0. The monoisotopic (exact) mass is 578 g/mol. The average molecular weight is 579 g/mol. The predicted octanol–water partition coefficient (Wildman–Crippen LogP) is 5.69. The van der Waals surface area contributed by atoms with E-state index in [9.17, 15) is 10.2 Å². The first-order valence-corrected chi connectivity index (χ1v) is 16.4. The summed E-state index contributed by atoms with van der Waals surface area (Å²) in [5, 5.41) is 22.9. The van der Waals surface area contributed by atoms with Crippen LogP contribution in [0.15, 0.2) is 0 Å². The summed E-state index contributed by atoms with van der Waals surface area (Å²) in [5.41, 5.74) is -0.615. The zero-order chi connectivity index (χ0) is 29.9. The second-order valence-electron chi connectivity index (χ2n) is 16.9. The lowest BCUT2D eigenvalue weighted by molar-refractivity contribution is -0.225. The first-order valence-electron chi connectivity index (χ1n) is 16.4. The van der Waals surface area contributed by atoms with Crippen LogP contribution in [0.5, 0.6) is 0 Å². The van der Waals surface area contributed by atoms with Crippen molar-refractivity contribution in [3.8, 4) is 0 Å². The Kier molecular flexibility index (Phi) is 7.20. The number of rotatable bonds is 8. The summed E-state index contributed by atoms with van der Waals surface area (Å²) < 4.78 is 30.5. The van der Waals surface area contributed by atoms with Crippen LogP contribution in [0.2, 0.25) is 0 Å². The maximum atomic E-state index is 11.9. The molecule has 12 atom stereocenters. The maximum Gasteiger partial charge on any atom is 0.147 e. The number of aliphatic hydroxyl groups excluding tert-OH is 2. The summed E-state index contributed by atoms with van der Waals surface area (Å²) in [7, 11) is 3.37. The summed E-state index contributed by atoms with van der Waals surface area (Å²) in [6, 6.07) is 0. The second kappa shape index (κ2) is 9.61. The third-order valence-corrected chi connectivity index (χ3v) is 14.7. The normalized spacial score (nSPS) is 53.8. The minimum atomic E-state index is -0.447. The van der Waals surface area contributed by atoms with Gasteiger partial charge in [0.2, 0.25) is 0 Å². The molecule has 6 aliphatic rings. The summed E-state index contributed by atoms with van der Waals surface area (Å²) in [6.45, 7) is 16.6. The number of hydrogen-bond acceptors (Lipinski definition) is 7. The van der Waals surface area contributed by atoms with Crippen molar-refractivity contribution >= 4 is 0 Å². The van der Waals surface area contributed by atoms with Crippen molar-refractivity contribution in [3.63, 3.8) is 0 Å². The topological polar surface area (TPSA) is 86.6 Å². The molecule has 0 aromatic carbocycles. The highest BCUT2D eigenvalue weighted by molar-refractivity contribution is 5.33. The van der Waals surface area contributed by atoms with Gasteiger partial charge in [-0.2, -0.15) is 0 Å². The smallest absolute Gasteiger partial charge is 0.147 e. The van der Waals surface area contributed by atoms with Crippen LogP contribution in [-0.4, -0.2) is 73.6 Å². The summed E-state index contributed by atoms with van der Waals surface area (Å²) in [5.74, 6) is 0.823. The Morgan fingerprint density at radius 3 is 2.22 bits per heavy atom. The number of aliphatic hydroxyl groups is 2. The van der Waals surface area contributed by atoms with Gasteiger partial charge < -0.3 is 33.9 Å². The molecule has 6 rings (SSSR count). The van der Waals surface area contributed by atoms with Gasteiger partial charge in [-0.3, -0.25) is 0 Å². The molecule has 5 saturated carbocycles. The Bertz CT molecular complexity index is 1020. The second-order valence-corrected chi connectivity index (χ2v) is 16.9. The minimum Gasteiger partial charge on any atom is -0.393 e. The molecule has 2 spiro atoms. The van der Waals surface area contributed by atoms with E-state index in [4.69, 9.17) is 23.7 Å². The molecule has 0 radical (unpaired) electrons. The van der Waals surface area contributed by atoms with E-state index in [1.807, 2.05) is 0 Å². The van der Waals surface area contributed by atoms with Gasteiger partial charge in [-0.15, -0.1) is 0 Å². The van der Waals surface area contributed by atoms with Gasteiger partial charge in [-0.25, -0.2) is 0 Å². The van der Waals surface area contributed by atoms with Gasteiger partial charge in [0.05, 0.1) is 35.6 Å². The fourth-order valence-corrected chi connectivity index (χ4v) is 12.7. The molecular formula is C34H58O7. The van der Waals surface area contributed by atoms with E-state index in [2.05, 4.69) is 48.5 Å². The van der Waals surface area contributed by atoms with Crippen LogP contribution in [0.3, 0.4) is 0 Å². The quantitative estimate of drug-likeness (QED) is 0.358. The number of ether oxygens (including phenoxy) is 5. The molecule has 7 heteroatoms. The molecule has 2 N–H and O–H groups in total. The van der Waals surface area contributed by atoms with Crippen molar-refractivity contribution in [2.45, 2.75) is 142 Å². The first-order chi connectivity index (χ1) is 19.1. The van der Waals surface area contributed by atoms with E-state index >= 15 is 0 Å². The average Bonchev–Trinajstić information content (AvgIpc) is 3.24. The van der Waals surface area contributed by atoms with Crippen molar-refractivity contribution in [1.29, 1.82) is 0 Å². The van der Waals surface area contributed by atoms with Gasteiger partial charge >= 0.3 is 0 Å². The Balaban J connectivity index is 1.35. The van der Waals surface area contributed by atoms with Gasteiger partial charge in [0.1, 0.15) is 13.6 Å². The van der Waals surface area contributed by atoms with Gasteiger partial charge in [0.15, 0.2) is 0 Å².